The Balaban J connectivity index is 0.00000181. The van der Waals surface area contributed by atoms with Gasteiger partial charge in [0, 0.05) is 0 Å². The molecule has 0 aliphatic heterocycles. The zero-order valence-electron chi connectivity index (χ0n) is 18.9. The third-order valence-electron chi connectivity index (χ3n) is 6.37. The van der Waals surface area contributed by atoms with E-state index in [2.05, 4.69) is 137 Å². The fraction of sp³-hybridized carbons (Fsp3) is 0.241. The van der Waals surface area contributed by atoms with Crippen molar-refractivity contribution >= 4 is 0 Å². The zero-order valence-corrected chi connectivity index (χ0v) is 22.7. The smallest absolute Gasteiger partial charge is 1.00 e. The molecule has 33 heavy (non-hydrogen) atoms. The van der Waals surface area contributed by atoms with Crippen molar-refractivity contribution in [3.8, 4) is 0 Å². The van der Waals surface area contributed by atoms with Gasteiger partial charge >= 0.3 is 194 Å². The summed E-state index contributed by atoms with van der Waals surface area (Å²) in [6.45, 7) is 2.30. The number of hydrogen-bond donors (Lipinski definition) is 0. The number of halogens is 3. The van der Waals surface area contributed by atoms with Crippen LogP contribution in [0.3, 0.4) is 0 Å². The van der Waals surface area contributed by atoms with Crippen LogP contribution in [0, 0.1) is 0 Å². The molecule has 0 saturated heterocycles. The van der Waals surface area contributed by atoms with E-state index in [0.717, 1.165) is 12.8 Å². The second-order valence-corrected chi connectivity index (χ2v) is 9.62. The molecule has 0 bridgehead atoms. The molecule has 1 atom stereocenters. The Bertz CT molecular complexity index is 977. The van der Waals surface area contributed by atoms with Gasteiger partial charge in [-0.15, -0.1) is 0 Å². The molecule has 0 nitrogen and oxygen atoms in total. The van der Waals surface area contributed by atoms with Gasteiger partial charge in [-0.1, -0.05) is 0 Å². The molecule has 3 aromatic carbocycles. The largest absolute Gasteiger partial charge is 1.00 e. The van der Waals surface area contributed by atoms with Gasteiger partial charge < -0.3 is 37.2 Å². The quantitative estimate of drug-likeness (QED) is 0.315. The van der Waals surface area contributed by atoms with Gasteiger partial charge in [0.25, 0.3) is 0 Å². The van der Waals surface area contributed by atoms with E-state index < -0.39 is 0 Å². The molecule has 0 heterocycles. The van der Waals surface area contributed by atoms with Crippen molar-refractivity contribution in [1.82, 2.24) is 0 Å². The number of unbranched alkanes of at least 4 members (excludes halogenated alkanes) is 1. The van der Waals surface area contributed by atoms with Gasteiger partial charge in [0.05, 0.1) is 0 Å². The van der Waals surface area contributed by atoms with Crippen LogP contribution < -0.4 is 37.2 Å². The summed E-state index contributed by atoms with van der Waals surface area (Å²) in [4.78, 5) is 0. The van der Waals surface area contributed by atoms with Crippen molar-refractivity contribution in [3.05, 3.63) is 131 Å². The van der Waals surface area contributed by atoms with Crippen LogP contribution in [0.1, 0.15) is 42.9 Å². The third-order valence-corrected chi connectivity index (χ3v) is 7.52. The van der Waals surface area contributed by atoms with Crippen LogP contribution in [0.25, 0.3) is 0 Å². The summed E-state index contributed by atoms with van der Waals surface area (Å²) in [5.41, 5.74) is 5.52. The van der Waals surface area contributed by atoms with E-state index in [1.807, 2.05) is 0 Å². The molecule has 0 fully saturated rings. The molecule has 0 aromatic heterocycles. The van der Waals surface area contributed by atoms with Gasteiger partial charge in [-0.05, 0) is 0 Å². The van der Waals surface area contributed by atoms with Gasteiger partial charge in [0.15, 0.2) is 0 Å². The number of hydrogen-bond acceptors (Lipinski definition) is 0. The SMILES string of the molecule is CCCCC(c1ccccc1)(c1ccccc1)[C]1([Ti+3])C=CC(Cc2ccccc2)=C1.[Cl-].[Cl-].[Cl-]. The average Bonchev–Trinajstić information content (AvgIpc) is 3.18. The summed E-state index contributed by atoms with van der Waals surface area (Å²) in [5, 5.41) is 0. The van der Waals surface area contributed by atoms with Gasteiger partial charge in [0.2, 0.25) is 0 Å². The number of benzene rings is 3. The summed E-state index contributed by atoms with van der Waals surface area (Å²) in [6, 6.07) is 33.1. The molecule has 1 unspecified atom stereocenters. The molecule has 170 valence electrons. The molecular weight excluding hydrogens is 503 g/mol. The Morgan fingerprint density at radius 3 is 1.70 bits per heavy atom. The van der Waals surface area contributed by atoms with Crippen LogP contribution in [-0.4, -0.2) is 0 Å². The maximum Gasteiger partial charge on any atom is -1.00 e. The minimum Gasteiger partial charge on any atom is -1.00 e. The minimum atomic E-state index is -0.0829. The fourth-order valence-electron chi connectivity index (χ4n) is 4.86. The van der Waals surface area contributed by atoms with Crippen molar-refractivity contribution in [1.29, 1.82) is 0 Å². The molecule has 1 aliphatic carbocycles. The molecule has 4 rings (SSSR count). The van der Waals surface area contributed by atoms with Crippen LogP contribution >= 0.6 is 0 Å². The molecule has 3 aromatic rings. The monoisotopic (exact) mass is 530 g/mol. The molecule has 0 spiro atoms. The molecule has 0 radical (unpaired) electrons. The van der Waals surface area contributed by atoms with Crippen LogP contribution in [0.2, 0.25) is 3.72 Å². The van der Waals surface area contributed by atoms with Crippen molar-refractivity contribution in [2.24, 2.45) is 0 Å². The number of allylic oxidation sites excluding steroid dienone is 4. The van der Waals surface area contributed by atoms with Gasteiger partial charge in [0.1, 0.15) is 0 Å². The first-order valence-corrected chi connectivity index (χ1v) is 11.8. The van der Waals surface area contributed by atoms with Crippen LogP contribution in [0.5, 0.6) is 0 Å². The zero-order chi connectivity index (χ0) is 20.9. The summed E-state index contributed by atoms with van der Waals surface area (Å²) < 4.78 is -0.0744. The van der Waals surface area contributed by atoms with Gasteiger partial charge in [-0.2, -0.15) is 0 Å². The van der Waals surface area contributed by atoms with Crippen LogP contribution in [0.4, 0.5) is 0 Å². The molecule has 4 heteroatoms. The summed E-state index contributed by atoms with van der Waals surface area (Å²) in [7, 11) is 0. The first kappa shape index (κ1) is 29.8. The topological polar surface area (TPSA) is 0 Å². The normalized spacial score (nSPS) is 16.8. The minimum absolute atomic E-state index is 0. The fourth-order valence-corrected chi connectivity index (χ4v) is 5.93. The Hall–Kier alpha value is -1.28. The Kier molecular flexibility index (Phi) is 12.2. The van der Waals surface area contributed by atoms with Crippen LogP contribution in [-0.2, 0) is 32.3 Å². The summed E-state index contributed by atoms with van der Waals surface area (Å²) >= 11 is 2.43. The Morgan fingerprint density at radius 1 is 0.727 bits per heavy atom. The van der Waals surface area contributed by atoms with Crippen LogP contribution in [0.15, 0.2) is 115 Å². The first-order chi connectivity index (χ1) is 14.7. The van der Waals surface area contributed by atoms with Gasteiger partial charge in [-0.3, -0.25) is 0 Å². The van der Waals surface area contributed by atoms with E-state index in [0.29, 0.717) is 0 Å². The maximum atomic E-state index is 2.54. The average molecular weight is 532 g/mol. The van der Waals surface area contributed by atoms with E-state index in [4.69, 9.17) is 0 Å². The molecular formula is C29H29Cl3Ti. The van der Waals surface area contributed by atoms with E-state index in [1.54, 1.807) is 0 Å². The Labute approximate surface area is 229 Å². The number of rotatable bonds is 8. The van der Waals surface area contributed by atoms with Crippen molar-refractivity contribution in [2.75, 3.05) is 0 Å². The predicted molar refractivity (Wildman–Crippen MR) is 123 cm³/mol. The first-order valence-electron chi connectivity index (χ1n) is 11.0. The van der Waals surface area contributed by atoms with Crippen molar-refractivity contribution in [3.63, 3.8) is 0 Å². The van der Waals surface area contributed by atoms with E-state index >= 15 is 0 Å². The summed E-state index contributed by atoms with van der Waals surface area (Å²) in [5.74, 6) is 0. The maximum absolute atomic E-state index is 2.54. The van der Waals surface area contributed by atoms with E-state index in [9.17, 15) is 0 Å². The predicted octanol–water partition coefficient (Wildman–Crippen LogP) is -1.38. The van der Waals surface area contributed by atoms with Gasteiger partial charge in [-0.25, -0.2) is 0 Å². The molecule has 0 N–H and O–H groups in total. The standard InChI is InChI=1S/C29H29.3ClH.Ti/c1-2-3-21-29(26-15-9-5-10-16-26,27-17-11-6-12-18-27)28-20-19-25(23-28)22-24-13-7-4-8-14-24;;;;/h4-20,23H,2-3,21-22H2,1H3;3*1H;/q;;;;+3/p-3. The van der Waals surface area contributed by atoms with Crippen molar-refractivity contribution < 1.29 is 57.7 Å². The van der Waals surface area contributed by atoms with E-state index in [-0.39, 0.29) is 46.4 Å². The second-order valence-electron chi connectivity index (χ2n) is 8.32. The molecule has 1 aliphatic rings. The second kappa shape index (κ2) is 13.6. The molecule has 0 saturated carbocycles. The van der Waals surface area contributed by atoms with E-state index in [1.165, 1.54) is 35.1 Å². The molecule has 0 amide bonds. The van der Waals surface area contributed by atoms with Crippen molar-refractivity contribution in [2.45, 2.75) is 41.7 Å². The third kappa shape index (κ3) is 6.24. The Morgan fingerprint density at radius 2 is 1.21 bits per heavy atom. The summed E-state index contributed by atoms with van der Waals surface area (Å²) in [6.07, 6.45) is 11.9.